The van der Waals surface area contributed by atoms with Gasteiger partial charge < -0.3 is 20.4 Å². The van der Waals surface area contributed by atoms with Crippen molar-refractivity contribution in [1.29, 1.82) is 0 Å². The third kappa shape index (κ3) is 4.02. The van der Waals surface area contributed by atoms with Gasteiger partial charge in [-0.25, -0.2) is 13.2 Å². The summed E-state index contributed by atoms with van der Waals surface area (Å²) in [7, 11) is 0. The van der Waals surface area contributed by atoms with Crippen LogP contribution in [0, 0.1) is 30.3 Å². The van der Waals surface area contributed by atoms with Gasteiger partial charge in [-0.3, -0.25) is 4.79 Å². The molecule has 3 N–H and O–H groups in total. The number of hydrogen-bond acceptors (Lipinski definition) is 4. The van der Waals surface area contributed by atoms with E-state index >= 15 is 0 Å². The molecule has 2 aliphatic rings. The molecule has 1 saturated carbocycles. The number of nitrogens with zero attached hydrogens (tertiary/aromatic N) is 1. The predicted octanol–water partition coefficient (Wildman–Crippen LogP) is 3.89. The Morgan fingerprint density at radius 2 is 1.81 bits per heavy atom. The van der Waals surface area contributed by atoms with E-state index in [1.807, 2.05) is 0 Å². The molecule has 5 nitrogen and oxygen atoms in total. The second kappa shape index (κ2) is 8.16. The maximum Gasteiger partial charge on any atom is 0.256 e. The van der Waals surface area contributed by atoms with Crippen molar-refractivity contribution in [2.75, 3.05) is 18.4 Å². The Labute approximate surface area is 178 Å². The van der Waals surface area contributed by atoms with Crippen LogP contribution in [0.5, 0.6) is 0 Å². The van der Waals surface area contributed by atoms with E-state index in [0.717, 1.165) is 25.0 Å². The highest BCUT2D eigenvalue weighted by Crippen LogP contribution is 2.40. The van der Waals surface area contributed by atoms with E-state index in [1.165, 1.54) is 17.0 Å². The van der Waals surface area contributed by atoms with E-state index in [4.69, 9.17) is 0 Å². The minimum atomic E-state index is -1.29. The van der Waals surface area contributed by atoms with Gasteiger partial charge in [-0.2, -0.15) is 0 Å². The number of aliphatic hydroxyl groups excluding tert-OH is 1. The summed E-state index contributed by atoms with van der Waals surface area (Å²) in [6.07, 6.45) is 2.46. The quantitative estimate of drug-likeness (QED) is 0.683. The highest BCUT2D eigenvalue weighted by Gasteiger charge is 2.52. The summed E-state index contributed by atoms with van der Waals surface area (Å²) in [6.45, 7) is 1.68. The molecule has 2 fully saturated rings. The highest BCUT2D eigenvalue weighted by atomic mass is 19.2. The SMILES string of the molecule is Cc1ccc(Nc2c(C(=O)N3CC(O)([C@@H]4CCCC[C@H]4O)C3)ccc(F)c2F)c(F)c1. The second-order valence-corrected chi connectivity index (χ2v) is 8.62. The maximum atomic E-state index is 14.6. The number of hydrogen-bond donors (Lipinski definition) is 3. The van der Waals surface area contributed by atoms with Gasteiger partial charge in [0.05, 0.1) is 36.1 Å². The number of carbonyl (C=O) groups excluding carboxylic acids is 1. The lowest BCUT2D eigenvalue weighted by Gasteiger charge is -2.52. The number of nitrogens with one attached hydrogen (secondary N) is 1. The van der Waals surface area contributed by atoms with Crippen molar-refractivity contribution in [2.45, 2.75) is 44.3 Å². The molecule has 31 heavy (non-hydrogen) atoms. The van der Waals surface area contributed by atoms with Gasteiger partial charge in [0.2, 0.25) is 0 Å². The number of anilines is 2. The van der Waals surface area contributed by atoms with Crippen LogP contribution in [0.25, 0.3) is 0 Å². The average Bonchev–Trinajstić information content (AvgIpc) is 2.71. The third-order valence-corrected chi connectivity index (χ3v) is 6.35. The van der Waals surface area contributed by atoms with Gasteiger partial charge in [-0.05, 0) is 49.6 Å². The summed E-state index contributed by atoms with van der Waals surface area (Å²) in [6, 6.07) is 6.22. The largest absolute Gasteiger partial charge is 0.393 e. The summed E-state index contributed by atoms with van der Waals surface area (Å²) in [4.78, 5) is 14.3. The number of amides is 1. The number of rotatable bonds is 4. The Morgan fingerprint density at radius 3 is 2.48 bits per heavy atom. The number of benzene rings is 2. The van der Waals surface area contributed by atoms with Gasteiger partial charge in [0, 0.05) is 5.92 Å². The lowest BCUT2D eigenvalue weighted by Crippen LogP contribution is -2.68. The Morgan fingerprint density at radius 1 is 1.10 bits per heavy atom. The smallest absolute Gasteiger partial charge is 0.256 e. The van der Waals surface area contributed by atoms with Crippen molar-refractivity contribution in [2.24, 2.45) is 5.92 Å². The predicted molar refractivity (Wildman–Crippen MR) is 110 cm³/mol. The molecule has 2 atom stereocenters. The second-order valence-electron chi connectivity index (χ2n) is 8.62. The van der Waals surface area contributed by atoms with E-state index in [1.54, 1.807) is 13.0 Å². The van der Waals surface area contributed by atoms with Crippen molar-refractivity contribution in [3.05, 3.63) is 58.9 Å². The molecule has 2 aromatic carbocycles. The molecule has 1 heterocycles. The van der Waals surface area contributed by atoms with Gasteiger partial charge in [0.15, 0.2) is 11.6 Å². The fraction of sp³-hybridized carbons (Fsp3) is 0.435. The van der Waals surface area contributed by atoms with E-state index in [0.29, 0.717) is 18.4 Å². The summed E-state index contributed by atoms with van der Waals surface area (Å²) >= 11 is 0. The lowest BCUT2D eigenvalue weighted by molar-refractivity contribution is -0.156. The fourth-order valence-electron chi connectivity index (χ4n) is 4.61. The number of aryl methyl sites for hydroxylation is 1. The molecule has 166 valence electrons. The van der Waals surface area contributed by atoms with Crippen LogP contribution >= 0.6 is 0 Å². The van der Waals surface area contributed by atoms with Gasteiger partial charge in [0.1, 0.15) is 11.4 Å². The molecule has 0 spiro atoms. The zero-order valence-electron chi connectivity index (χ0n) is 17.2. The minimum absolute atomic E-state index is 0.00904. The number of halogens is 3. The van der Waals surface area contributed by atoms with Crippen molar-refractivity contribution < 1.29 is 28.2 Å². The minimum Gasteiger partial charge on any atom is -0.393 e. The van der Waals surface area contributed by atoms with Gasteiger partial charge in [-0.1, -0.05) is 18.9 Å². The van der Waals surface area contributed by atoms with Crippen LogP contribution in [-0.4, -0.2) is 45.8 Å². The Bertz CT molecular complexity index is 1010. The Balaban J connectivity index is 1.57. The Hall–Kier alpha value is -2.58. The number of aliphatic hydroxyl groups is 2. The molecular weight excluding hydrogens is 409 g/mol. The number of likely N-dealkylation sites (tertiary alicyclic amines) is 1. The van der Waals surface area contributed by atoms with Gasteiger partial charge >= 0.3 is 0 Å². The van der Waals surface area contributed by atoms with E-state index < -0.39 is 40.8 Å². The fourth-order valence-corrected chi connectivity index (χ4v) is 4.61. The first-order valence-corrected chi connectivity index (χ1v) is 10.4. The standard InChI is InChI=1S/C23H25F3N2O3/c1-13-6-9-18(17(25)10-13)27-21-14(7-8-16(24)20(21)26)22(30)28-11-23(31,12-28)15-4-2-3-5-19(15)29/h6-10,15,19,27,29,31H,2-5,11-12H2,1H3/t15-,19-/m1/s1. The van der Waals surface area contributed by atoms with Gasteiger partial charge in [0.25, 0.3) is 5.91 Å². The first kappa shape index (κ1) is 21.6. The molecular formula is C23H25F3N2O3. The number of carbonyl (C=O) groups is 1. The molecule has 0 radical (unpaired) electrons. The maximum absolute atomic E-state index is 14.6. The molecule has 1 aliphatic carbocycles. The summed E-state index contributed by atoms with van der Waals surface area (Å²) in [5, 5.41) is 23.6. The molecule has 0 aromatic heterocycles. The molecule has 4 rings (SSSR count). The molecule has 0 bridgehead atoms. The van der Waals surface area contributed by atoms with Crippen LogP contribution in [0.15, 0.2) is 30.3 Å². The lowest BCUT2D eigenvalue weighted by atomic mass is 9.71. The summed E-state index contributed by atoms with van der Waals surface area (Å²) < 4.78 is 42.7. The summed E-state index contributed by atoms with van der Waals surface area (Å²) in [5.74, 6) is -4.05. The topological polar surface area (TPSA) is 72.8 Å². The van der Waals surface area contributed by atoms with Crippen LogP contribution in [0.4, 0.5) is 24.5 Å². The molecule has 1 saturated heterocycles. The normalized spacial score (nSPS) is 22.7. The van der Waals surface area contributed by atoms with E-state index in [2.05, 4.69) is 5.32 Å². The zero-order valence-corrected chi connectivity index (χ0v) is 17.2. The Kier molecular flexibility index (Phi) is 5.70. The van der Waals surface area contributed by atoms with E-state index in [9.17, 15) is 28.2 Å². The van der Waals surface area contributed by atoms with Crippen molar-refractivity contribution in [3.63, 3.8) is 0 Å². The monoisotopic (exact) mass is 434 g/mol. The first-order chi connectivity index (χ1) is 14.7. The average molecular weight is 434 g/mol. The highest BCUT2D eigenvalue weighted by molar-refractivity contribution is 6.01. The molecule has 1 aliphatic heterocycles. The van der Waals surface area contributed by atoms with E-state index in [-0.39, 0.29) is 30.3 Å². The van der Waals surface area contributed by atoms with Crippen molar-refractivity contribution in [3.8, 4) is 0 Å². The molecule has 8 heteroatoms. The van der Waals surface area contributed by atoms with Gasteiger partial charge in [-0.15, -0.1) is 0 Å². The van der Waals surface area contributed by atoms with Crippen molar-refractivity contribution >= 4 is 17.3 Å². The van der Waals surface area contributed by atoms with Crippen LogP contribution in [-0.2, 0) is 0 Å². The zero-order chi connectivity index (χ0) is 22.3. The number of β-amino-alcohol motifs (C(OH)–C–C–N with tert-alkyl or cyclic N) is 1. The van der Waals surface area contributed by atoms with Crippen LogP contribution < -0.4 is 5.32 Å². The van der Waals surface area contributed by atoms with Crippen LogP contribution in [0.2, 0.25) is 0 Å². The van der Waals surface area contributed by atoms with Crippen molar-refractivity contribution in [1.82, 2.24) is 4.90 Å². The first-order valence-electron chi connectivity index (χ1n) is 10.4. The molecule has 1 amide bonds. The molecule has 2 aromatic rings. The van der Waals surface area contributed by atoms with Crippen LogP contribution in [0.3, 0.4) is 0 Å². The summed E-state index contributed by atoms with van der Waals surface area (Å²) in [5.41, 5.74) is -1.26. The van der Waals surface area contributed by atoms with Crippen LogP contribution in [0.1, 0.15) is 41.6 Å². The molecule has 0 unspecified atom stereocenters. The third-order valence-electron chi connectivity index (χ3n) is 6.35.